The van der Waals surface area contributed by atoms with Crippen LogP contribution < -0.4 is 10.2 Å². The third-order valence-corrected chi connectivity index (χ3v) is 4.35. The van der Waals surface area contributed by atoms with E-state index in [0.717, 1.165) is 12.8 Å². The van der Waals surface area contributed by atoms with Crippen molar-refractivity contribution in [3.63, 3.8) is 0 Å². The molecule has 2 aromatic heterocycles. The monoisotopic (exact) mass is 329 g/mol. The summed E-state index contributed by atoms with van der Waals surface area (Å²) in [5, 5.41) is 15.1. The smallest absolute Gasteiger partial charge is 0.235 e. The highest BCUT2D eigenvalue weighted by Gasteiger charge is 2.29. The van der Waals surface area contributed by atoms with E-state index in [4.69, 9.17) is 4.74 Å². The predicted molar refractivity (Wildman–Crippen MR) is 87.0 cm³/mol. The van der Waals surface area contributed by atoms with Gasteiger partial charge in [-0.2, -0.15) is 5.10 Å². The van der Waals surface area contributed by atoms with Crippen LogP contribution in [0.25, 0.3) is 22.3 Å². The van der Waals surface area contributed by atoms with Crippen LogP contribution in [0.1, 0.15) is 24.6 Å². The van der Waals surface area contributed by atoms with Crippen molar-refractivity contribution in [3.8, 4) is 22.8 Å². The van der Waals surface area contributed by atoms with Crippen LogP contribution in [0.5, 0.6) is 11.5 Å². The average Bonchev–Trinajstić information content (AvgIpc) is 3.35. The number of aromatic nitrogens is 3. The Morgan fingerprint density at radius 3 is 2.79 bits per heavy atom. The lowest BCUT2D eigenvalue weighted by Gasteiger charge is -2.09. The van der Waals surface area contributed by atoms with Gasteiger partial charge in [0.05, 0.1) is 29.9 Å². The molecule has 3 aromatic rings. The lowest BCUT2D eigenvalue weighted by Crippen LogP contribution is -2.07. The molecule has 6 nitrogen and oxygen atoms in total. The number of H-pyrrole nitrogens is 1. The number of halogens is 1. The van der Waals surface area contributed by atoms with Crippen molar-refractivity contribution in [3.05, 3.63) is 39.9 Å². The van der Waals surface area contributed by atoms with Crippen LogP contribution >= 0.6 is 0 Å². The number of aromatic amines is 1. The molecule has 1 aliphatic rings. The van der Waals surface area contributed by atoms with E-state index in [-0.39, 0.29) is 17.3 Å². The lowest BCUT2D eigenvalue weighted by molar-refractivity contribution is 0.411. The first kappa shape index (κ1) is 14.7. The number of fused-ring (bicyclic) bond motifs is 1. The van der Waals surface area contributed by atoms with Crippen LogP contribution in [0.3, 0.4) is 0 Å². The van der Waals surface area contributed by atoms with Crippen LogP contribution in [-0.4, -0.2) is 27.0 Å². The summed E-state index contributed by atoms with van der Waals surface area (Å²) < 4.78 is 21.1. The number of hydrogen-bond acceptors (Lipinski definition) is 4. The van der Waals surface area contributed by atoms with Crippen molar-refractivity contribution in [1.29, 1.82) is 0 Å². The van der Waals surface area contributed by atoms with Gasteiger partial charge < -0.3 is 14.8 Å². The minimum Gasteiger partial charge on any atom is -0.503 e. The highest BCUT2D eigenvalue weighted by atomic mass is 19.1. The SMILES string of the molecule is COc1ccc(-c2[nH]c3c(c(C)nn3C3CC3)c(=O)c2O)c(F)c1. The summed E-state index contributed by atoms with van der Waals surface area (Å²) >= 11 is 0. The number of methoxy groups -OCH3 is 1. The maximum atomic E-state index is 14.4. The van der Waals surface area contributed by atoms with Gasteiger partial charge in [-0.25, -0.2) is 9.07 Å². The quantitative estimate of drug-likeness (QED) is 0.774. The number of aryl methyl sites for hydroxylation is 1. The standard InChI is InChI=1S/C17H16FN3O3/c1-8-13-15(22)16(23)14(11-6-5-10(24-2)7-12(11)18)19-17(13)21(20-8)9-3-4-9/h5-7,9,23H,3-4H2,1-2H3,(H,19,22). The Bertz CT molecular complexity index is 1020. The minimum atomic E-state index is -0.589. The molecule has 1 aromatic carbocycles. The van der Waals surface area contributed by atoms with Gasteiger partial charge in [-0.3, -0.25) is 4.79 Å². The van der Waals surface area contributed by atoms with E-state index in [1.165, 1.54) is 19.2 Å². The van der Waals surface area contributed by atoms with Gasteiger partial charge in [-0.15, -0.1) is 0 Å². The number of hydrogen-bond donors (Lipinski definition) is 2. The molecule has 1 fully saturated rings. The molecule has 2 N–H and O–H groups in total. The van der Waals surface area contributed by atoms with Crippen LogP contribution in [0.15, 0.2) is 23.0 Å². The molecule has 0 radical (unpaired) electrons. The summed E-state index contributed by atoms with van der Waals surface area (Å²) in [7, 11) is 1.44. The maximum absolute atomic E-state index is 14.4. The van der Waals surface area contributed by atoms with E-state index < -0.39 is 17.0 Å². The van der Waals surface area contributed by atoms with E-state index in [1.807, 2.05) is 0 Å². The number of rotatable bonds is 3. The zero-order chi connectivity index (χ0) is 17.0. The van der Waals surface area contributed by atoms with Crippen LogP contribution in [0.4, 0.5) is 4.39 Å². The maximum Gasteiger partial charge on any atom is 0.235 e. The van der Waals surface area contributed by atoms with E-state index in [0.29, 0.717) is 22.5 Å². The third-order valence-electron chi connectivity index (χ3n) is 4.35. The van der Waals surface area contributed by atoms with Gasteiger partial charge in [-0.1, -0.05) is 0 Å². The largest absolute Gasteiger partial charge is 0.503 e. The summed E-state index contributed by atoms with van der Waals surface area (Å²) in [6.45, 7) is 1.73. The van der Waals surface area contributed by atoms with Crippen LogP contribution in [0.2, 0.25) is 0 Å². The lowest BCUT2D eigenvalue weighted by atomic mass is 10.1. The second-order valence-corrected chi connectivity index (χ2v) is 6.01. The van der Waals surface area contributed by atoms with Crippen molar-refractivity contribution in [2.75, 3.05) is 7.11 Å². The first-order valence-corrected chi connectivity index (χ1v) is 7.69. The summed E-state index contributed by atoms with van der Waals surface area (Å²) in [5.74, 6) is -0.739. The fraction of sp³-hybridized carbons (Fsp3) is 0.294. The molecule has 0 spiro atoms. The number of nitrogens with zero attached hydrogens (tertiary/aromatic N) is 2. The van der Waals surface area contributed by atoms with Gasteiger partial charge in [0.15, 0.2) is 5.75 Å². The summed E-state index contributed by atoms with van der Waals surface area (Å²) in [6.07, 6.45) is 1.98. The molecule has 0 atom stereocenters. The summed E-state index contributed by atoms with van der Waals surface area (Å²) in [5.41, 5.74) is 0.680. The molecule has 1 aliphatic carbocycles. The van der Waals surface area contributed by atoms with Gasteiger partial charge in [-0.05, 0) is 31.9 Å². The van der Waals surface area contributed by atoms with Crippen molar-refractivity contribution >= 4 is 11.0 Å². The highest BCUT2D eigenvalue weighted by molar-refractivity contribution is 5.84. The Morgan fingerprint density at radius 1 is 1.42 bits per heavy atom. The Labute approximate surface area is 136 Å². The molecule has 24 heavy (non-hydrogen) atoms. The fourth-order valence-electron chi connectivity index (χ4n) is 2.95. The van der Waals surface area contributed by atoms with Crippen molar-refractivity contribution in [1.82, 2.24) is 14.8 Å². The molecule has 0 unspecified atom stereocenters. The molecule has 124 valence electrons. The molecule has 1 saturated carbocycles. The molecule has 0 bridgehead atoms. The van der Waals surface area contributed by atoms with Crippen LogP contribution in [0, 0.1) is 12.7 Å². The molecule has 0 aliphatic heterocycles. The van der Waals surface area contributed by atoms with E-state index in [2.05, 4.69) is 10.1 Å². The second kappa shape index (κ2) is 5.09. The Kier molecular flexibility index (Phi) is 3.13. The molecule has 4 rings (SSSR count). The number of nitrogens with one attached hydrogen (secondary N) is 1. The Morgan fingerprint density at radius 2 is 2.17 bits per heavy atom. The highest BCUT2D eigenvalue weighted by Crippen LogP contribution is 2.38. The molecule has 2 heterocycles. The second-order valence-electron chi connectivity index (χ2n) is 6.01. The topological polar surface area (TPSA) is 80.1 Å². The number of pyridine rings is 1. The Hall–Kier alpha value is -2.83. The number of ether oxygens (including phenoxy) is 1. The molecular weight excluding hydrogens is 313 g/mol. The fourth-order valence-corrected chi connectivity index (χ4v) is 2.95. The van der Waals surface area contributed by atoms with E-state index >= 15 is 0 Å². The summed E-state index contributed by atoms with van der Waals surface area (Å²) in [6, 6.07) is 4.50. The van der Waals surface area contributed by atoms with E-state index in [1.54, 1.807) is 17.7 Å². The van der Waals surface area contributed by atoms with Crippen LogP contribution in [-0.2, 0) is 0 Å². The van der Waals surface area contributed by atoms with Crippen molar-refractivity contribution in [2.24, 2.45) is 0 Å². The first-order chi connectivity index (χ1) is 11.5. The average molecular weight is 329 g/mol. The number of benzene rings is 1. The predicted octanol–water partition coefficient (Wildman–Crippen LogP) is 2.89. The van der Waals surface area contributed by atoms with Gasteiger partial charge >= 0.3 is 0 Å². The van der Waals surface area contributed by atoms with Gasteiger partial charge in [0.1, 0.15) is 17.2 Å². The van der Waals surface area contributed by atoms with Crippen molar-refractivity contribution in [2.45, 2.75) is 25.8 Å². The van der Waals surface area contributed by atoms with Crippen molar-refractivity contribution < 1.29 is 14.2 Å². The normalized spacial score (nSPS) is 14.3. The number of aromatic hydroxyl groups is 1. The summed E-state index contributed by atoms with van der Waals surface area (Å²) in [4.78, 5) is 15.6. The third kappa shape index (κ3) is 2.08. The van der Waals surface area contributed by atoms with Gasteiger partial charge in [0, 0.05) is 11.6 Å². The van der Waals surface area contributed by atoms with Gasteiger partial charge in [0.2, 0.25) is 5.43 Å². The molecular formula is C17H16FN3O3. The Balaban J connectivity index is 2.01. The molecule has 0 saturated heterocycles. The molecule has 0 amide bonds. The first-order valence-electron chi connectivity index (χ1n) is 7.69. The zero-order valence-electron chi connectivity index (χ0n) is 13.3. The van der Waals surface area contributed by atoms with E-state index in [9.17, 15) is 14.3 Å². The molecule has 7 heteroatoms. The van der Waals surface area contributed by atoms with Gasteiger partial charge in [0.25, 0.3) is 0 Å². The minimum absolute atomic E-state index is 0.0504. The zero-order valence-corrected chi connectivity index (χ0v) is 13.3.